The SMILES string of the molecule is Cc1ccc(CCC(=O)NCc2nc3ccccc3n2C)c(C)c1. The third kappa shape index (κ3) is 3.48. The Morgan fingerprint density at radius 3 is 2.71 bits per heavy atom. The van der Waals surface area contributed by atoms with Gasteiger partial charge in [-0.2, -0.15) is 0 Å². The van der Waals surface area contributed by atoms with Crippen LogP contribution in [0.2, 0.25) is 0 Å². The Morgan fingerprint density at radius 2 is 1.96 bits per heavy atom. The maximum atomic E-state index is 12.1. The van der Waals surface area contributed by atoms with Gasteiger partial charge in [0.05, 0.1) is 17.6 Å². The van der Waals surface area contributed by atoms with Crippen molar-refractivity contribution in [2.45, 2.75) is 33.2 Å². The quantitative estimate of drug-likeness (QED) is 0.782. The van der Waals surface area contributed by atoms with Crippen molar-refractivity contribution in [2.24, 2.45) is 7.05 Å². The summed E-state index contributed by atoms with van der Waals surface area (Å²) in [4.78, 5) is 16.7. The minimum atomic E-state index is 0.0574. The van der Waals surface area contributed by atoms with Crippen LogP contribution in [0.3, 0.4) is 0 Å². The summed E-state index contributed by atoms with van der Waals surface area (Å²) in [7, 11) is 1.98. The number of nitrogens with one attached hydrogen (secondary N) is 1. The van der Waals surface area contributed by atoms with E-state index in [1.54, 1.807) is 0 Å². The van der Waals surface area contributed by atoms with Gasteiger partial charge in [0.15, 0.2) is 0 Å². The number of hydrogen-bond donors (Lipinski definition) is 1. The first kappa shape index (κ1) is 16.2. The standard InChI is InChI=1S/C20H23N3O/c1-14-8-9-16(15(2)12-14)10-11-20(24)21-13-19-22-17-6-4-5-7-18(17)23(19)3/h4-9,12H,10-11,13H2,1-3H3,(H,21,24). The largest absolute Gasteiger partial charge is 0.349 e. The van der Waals surface area contributed by atoms with Crippen LogP contribution >= 0.6 is 0 Å². The second-order valence-electron chi connectivity index (χ2n) is 6.28. The molecule has 0 aliphatic rings. The third-order valence-corrected chi connectivity index (χ3v) is 4.44. The van der Waals surface area contributed by atoms with Gasteiger partial charge in [-0.1, -0.05) is 35.9 Å². The second-order valence-corrected chi connectivity index (χ2v) is 6.28. The van der Waals surface area contributed by atoms with Crippen molar-refractivity contribution in [1.29, 1.82) is 0 Å². The zero-order valence-corrected chi connectivity index (χ0v) is 14.5. The van der Waals surface area contributed by atoms with E-state index >= 15 is 0 Å². The number of aromatic nitrogens is 2. The van der Waals surface area contributed by atoms with E-state index in [-0.39, 0.29) is 5.91 Å². The Hall–Kier alpha value is -2.62. The monoisotopic (exact) mass is 321 g/mol. The molecule has 3 aromatic rings. The van der Waals surface area contributed by atoms with E-state index in [2.05, 4.69) is 42.3 Å². The lowest BCUT2D eigenvalue weighted by Gasteiger charge is -2.08. The zero-order valence-electron chi connectivity index (χ0n) is 14.5. The molecule has 0 saturated carbocycles. The molecule has 4 heteroatoms. The molecule has 3 rings (SSSR count). The topological polar surface area (TPSA) is 46.9 Å². The number of carbonyl (C=O) groups excluding carboxylic acids is 1. The molecule has 24 heavy (non-hydrogen) atoms. The summed E-state index contributed by atoms with van der Waals surface area (Å²) in [6.07, 6.45) is 1.26. The van der Waals surface area contributed by atoms with Crippen LogP contribution in [0.15, 0.2) is 42.5 Å². The van der Waals surface area contributed by atoms with Gasteiger partial charge in [-0.15, -0.1) is 0 Å². The van der Waals surface area contributed by atoms with Crippen LogP contribution in [-0.4, -0.2) is 15.5 Å². The van der Waals surface area contributed by atoms with E-state index in [0.717, 1.165) is 23.3 Å². The number of rotatable bonds is 5. The summed E-state index contributed by atoms with van der Waals surface area (Å²) in [6, 6.07) is 14.4. The fraction of sp³-hybridized carbons (Fsp3) is 0.300. The fourth-order valence-corrected chi connectivity index (χ4v) is 2.99. The average Bonchev–Trinajstić information content (AvgIpc) is 2.89. The minimum absolute atomic E-state index is 0.0574. The number of fused-ring (bicyclic) bond motifs is 1. The molecule has 0 radical (unpaired) electrons. The van der Waals surface area contributed by atoms with Crippen molar-refractivity contribution in [2.75, 3.05) is 0 Å². The summed E-state index contributed by atoms with van der Waals surface area (Å²) >= 11 is 0. The van der Waals surface area contributed by atoms with Gasteiger partial charge < -0.3 is 9.88 Å². The van der Waals surface area contributed by atoms with Crippen molar-refractivity contribution < 1.29 is 4.79 Å². The summed E-state index contributed by atoms with van der Waals surface area (Å²) in [5.74, 6) is 0.929. The average molecular weight is 321 g/mol. The first-order valence-electron chi connectivity index (χ1n) is 8.28. The fourth-order valence-electron chi connectivity index (χ4n) is 2.99. The molecule has 1 amide bonds. The molecule has 0 aliphatic carbocycles. The van der Waals surface area contributed by atoms with Gasteiger partial charge in [0.1, 0.15) is 5.82 Å². The third-order valence-electron chi connectivity index (χ3n) is 4.44. The number of imidazole rings is 1. The molecule has 0 bridgehead atoms. The number of nitrogens with zero attached hydrogens (tertiary/aromatic N) is 2. The van der Waals surface area contributed by atoms with Crippen molar-refractivity contribution in [3.8, 4) is 0 Å². The lowest BCUT2D eigenvalue weighted by atomic mass is 10.0. The number of amides is 1. The second kappa shape index (κ2) is 6.87. The summed E-state index contributed by atoms with van der Waals surface area (Å²) < 4.78 is 2.03. The molecule has 0 saturated heterocycles. The Bertz CT molecular complexity index is 880. The van der Waals surface area contributed by atoms with Crippen molar-refractivity contribution >= 4 is 16.9 Å². The first-order valence-corrected chi connectivity index (χ1v) is 8.28. The number of hydrogen-bond acceptors (Lipinski definition) is 2. The molecule has 0 atom stereocenters. The number of aryl methyl sites for hydroxylation is 4. The van der Waals surface area contributed by atoms with Crippen LogP contribution in [0.1, 0.15) is 28.9 Å². The highest BCUT2D eigenvalue weighted by Gasteiger charge is 2.09. The number of benzene rings is 2. The van der Waals surface area contributed by atoms with E-state index in [0.29, 0.717) is 13.0 Å². The normalized spacial score (nSPS) is 11.0. The summed E-state index contributed by atoms with van der Waals surface area (Å²) in [5.41, 5.74) is 5.77. The van der Waals surface area contributed by atoms with Gasteiger partial charge in [-0.05, 0) is 43.5 Å². The van der Waals surface area contributed by atoms with Gasteiger partial charge >= 0.3 is 0 Å². The van der Waals surface area contributed by atoms with Crippen LogP contribution in [-0.2, 0) is 24.8 Å². The minimum Gasteiger partial charge on any atom is -0.349 e. The van der Waals surface area contributed by atoms with E-state index in [1.165, 1.54) is 16.7 Å². The highest BCUT2D eigenvalue weighted by Crippen LogP contribution is 2.14. The molecule has 1 heterocycles. The molecular formula is C20H23N3O. The number of para-hydroxylation sites is 2. The molecule has 2 aromatic carbocycles. The Balaban J connectivity index is 1.58. The Kier molecular flexibility index (Phi) is 4.65. The van der Waals surface area contributed by atoms with Crippen LogP contribution < -0.4 is 5.32 Å². The van der Waals surface area contributed by atoms with Crippen LogP contribution in [0, 0.1) is 13.8 Å². The molecule has 0 fully saturated rings. The lowest BCUT2D eigenvalue weighted by molar-refractivity contribution is -0.121. The van der Waals surface area contributed by atoms with E-state index < -0.39 is 0 Å². The van der Waals surface area contributed by atoms with Gasteiger partial charge in [0, 0.05) is 13.5 Å². The smallest absolute Gasteiger partial charge is 0.220 e. The van der Waals surface area contributed by atoms with E-state index in [4.69, 9.17) is 0 Å². The summed E-state index contributed by atoms with van der Waals surface area (Å²) in [5, 5.41) is 2.98. The van der Waals surface area contributed by atoms with Crippen LogP contribution in [0.5, 0.6) is 0 Å². The molecule has 0 aliphatic heterocycles. The predicted octanol–water partition coefficient (Wildman–Crippen LogP) is 3.44. The molecule has 0 spiro atoms. The predicted molar refractivity (Wildman–Crippen MR) is 96.8 cm³/mol. The number of carbonyl (C=O) groups is 1. The zero-order chi connectivity index (χ0) is 17.1. The van der Waals surface area contributed by atoms with Gasteiger partial charge in [-0.25, -0.2) is 4.98 Å². The summed E-state index contributed by atoms with van der Waals surface area (Å²) in [6.45, 7) is 4.64. The first-order chi connectivity index (χ1) is 11.5. The van der Waals surface area contributed by atoms with E-state index in [1.807, 2.05) is 35.9 Å². The maximum Gasteiger partial charge on any atom is 0.220 e. The lowest BCUT2D eigenvalue weighted by Crippen LogP contribution is -2.24. The molecular weight excluding hydrogens is 298 g/mol. The molecule has 1 aromatic heterocycles. The Morgan fingerprint density at radius 1 is 1.17 bits per heavy atom. The van der Waals surface area contributed by atoms with Gasteiger partial charge in [-0.3, -0.25) is 4.79 Å². The van der Waals surface area contributed by atoms with Crippen molar-refractivity contribution in [3.63, 3.8) is 0 Å². The Labute approximate surface area is 142 Å². The highest BCUT2D eigenvalue weighted by atomic mass is 16.1. The van der Waals surface area contributed by atoms with Crippen molar-refractivity contribution in [3.05, 3.63) is 65.0 Å². The van der Waals surface area contributed by atoms with Crippen LogP contribution in [0.25, 0.3) is 11.0 Å². The van der Waals surface area contributed by atoms with Gasteiger partial charge in [0.2, 0.25) is 5.91 Å². The van der Waals surface area contributed by atoms with Crippen molar-refractivity contribution in [1.82, 2.24) is 14.9 Å². The van der Waals surface area contributed by atoms with Gasteiger partial charge in [0.25, 0.3) is 0 Å². The molecule has 0 unspecified atom stereocenters. The van der Waals surface area contributed by atoms with E-state index in [9.17, 15) is 4.79 Å². The molecule has 124 valence electrons. The molecule has 1 N–H and O–H groups in total. The maximum absolute atomic E-state index is 12.1. The highest BCUT2D eigenvalue weighted by molar-refractivity contribution is 5.77. The molecule has 4 nitrogen and oxygen atoms in total. The van der Waals surface area contributed by atoms with Crippen LogP contribution in [0.4, 0.5) is 0 Å².